The third kappa shape index (κ3) is 5.84. The number of carbonyl (C=O) groups excluding carboxylic acids is 1. The van der Waals surface area contributed by atoms with E-state index in [9.17, 15) is 13.2 Å². The van der Waals surface area contributed by atoms with Crippen molar-refractivity contribution in [3.05, 3.63) is 24.3 Å². The molecule has 7 heteroatoms. The SMILES string of the molecule is CCC(CC)(CN)NC(=O)CCOc1ccc(S(C)(=O)=O)cc1. The number of nitrogens with one attached hydrogen (secondary N) is 1. The molecule has 1 aromatic carbocycles. The number of ether oxygens (including phenoxy) is 1. The standard InChI is InChI=1S/C16H26N2O4S/c1-4-16(5-2,12-17)18-15(19)10-11-22-13-6-8-14(9-7-13)23(3,20)21/h6-9H,4-5,10-12,17H2,1-3H3,(H,18,19). The Labute approximate surface area is 138 Å². The van der Waals surface area contributed by atoms with Crippen molar-refractivity contribution in [3.8, 4) is 5.75 Å². The molecule has 6 nitrogen and oxygen atoms in total. The molecule has 0 saturated carbocycles. The monoisotopic (exact) mass is 342 g/mol. The maximum atomic E-state index is 12.0. The average molecular weight is 342 g/mol. The molecule has 0 aromatic heterocycles. The van der Waals surface area contributed by atoms with E-state index in [1.807, 2.05) is 13.8 Å². The summed E-state index contributed by atoms with van der Waals surface area (Å²) >= 11 is 0. The van der Waals surface area contributed by atoms with Crippen LogP contribution in [0.4, 0.5) is 0 Å². The van der Waals surface area contributed by atoms with E-state index < -0.39 is 9.84 Å². The van der Waals surface area contributed by atoms with Gasteiger partial charge in [0.15, 0.2) is 9.84 Å². The van der Waals surface area contributed by atoms with Crippen molar-refractivity contribution in [1.82, 2.24) is 5.32 Å². The summed E-state index contributed by atoms with van der Waals surface area (Å²) in [5.41, 5.74) is 5.40. The van der Waals surface area contributed by atoms with Crippen LogP contribution in [0.5, 0.6) is 5.75 Å². The number of sulfone groups is 1. The second-order valence-electron chi connectivity index (χ2n) is 5.58. The Kier molecular flexibility index (Phi) is 7.02. The summed E-state index contributed by atoms with van der Waals surface area (Å²) < 4.78 is 28.2. The highest BCUT2D eigenvalue weighted by molar-refractivity contribution is 7.90. The first-order valence-corrected chi connectivity index (χ1v) is 9.59. The van der Waals surface area contributed by atoms with E-state index in [0.29, 0.717) is 12.3 Å². The van der Waals surface area contributed by atoms with Gasteiger partial charge in [-0.1, -0.05) is 13.8 Å². The quantitative estimate of drug-likeness (QED) is 0.708. The molecule has 0 spiro atoms. The summed E-state index contributed by atoms with van der Waals surface area (Å²) in [6.45, 7) is 4.62. The molecule has 0 fully saturated rings. The molecule has 0 unspecified atom stereocenters. The lowest BCUT2D eigenvalue weighted by Crippen LogP contribution is -2.53. The molecule has 0 heterocycles. The van der Waals surface area contributed by atoms with Crippen LogP contribution in [0.2, 0.25) is 0 Å². The third-order valence-corrected chi connectivity index (χ3v) is 5.13. The highest BCUT2D eigenvalue weighted by Crippen LogP contribution is 2.16. The molecule has 1 rings (SSSR count). The van der Waals surface area contributed by atoms with Gasteiger partial charge >= 0.3 is 0 Å². The Morgan fingerprint density at radius 1 is 1.22 bits per heavy atom. The van der Waals surface area contributed by atoms with Crippen LogP contribution in [0.15, 0.2) is 29.2 Å². The van der Waals surface area contributed by atoms with Crippen molar-refractivity contribution in [2.75, 3.05) is 19.4 Å². The van der Waals surface area contributed by atoms with Gasteiger partial charge in [0.1, 0.15) is 5.75 Å². The maximum absolute atomic E-state index is 12.0. The molecular weight excluding hydrogens is 316 g/mol. The number of amides is 1. The summed E-state index contributed by atoms with van der Waals surface area (Å²) in [5.74, 6) is 0.424. The lowest BCUT2D eigenvalue weighted by atomic mass is 9.93. The van der Waals surface area contributed by atoms with Crippen molar-refractivity contribution >= 4 is 15.7 Å². The fourth-order valence-electron chi connectivity index (χ4n) is 2.17. The van der Waals surface area contributed by atoms with E-state index >= 15 is 0 Å². The highest BCUT2D eigenvalue weighted by atomic mass is 32.2. The van der Waals surface area contributed by atoms with Crippen LogP contribution < -0.4 is 15.8 Å². The van der Waals surface area contributed by atoms with E-state index in [1.54, 1.807) is 12.1 Å². The Hall–Kier alpha value is -1.60. The van der Waals surface area contributed by atoms with E-state index in [4.69, 9.17) is 10.5 Å². The van der Waals surface area contributed by atoms with E-state index in [1.165, 1.54) is 12.1 Å². The van der Waals surface area contributed by atoms with Crippen LogP contribution in [0.25, 0.3) is 0 Å². The molecule has 0 aliphatic carbocycles. The molecule has 1 aromatic rings. The fraction of sp³-hybridized carbons (Fsp3) is 0.562. The summed E-state index contributed by atoms with van der Waals surface area (Å²) in [6.07, 6.45) is 2.92. The highest BCUT2D eigenvalue weighted by Gasteiger charge is 2.25. The molecule has 0 radical (unpaired) electrons. The fourth-order valence-corrected chi connectivity index (χ4v) is 2.80. The predicted molar refractivity (Wildman–Crippen MR) is 90.2 cm³/mol. The van der Waals surface area contributed by atoms with Crippen LogP contribution in [0.3, 0.4) is 0 Å². The number of hydrogen-bond acceptors (Lipinski definition) is 5. The number of hydrogen-bond donors (Lipinski definition) is 2. The normalized spacial score (nSPS) is 12.0. The van der Waals surface area contributed by atoms with Crippen LogP contribution in [-0.2, 0) is 14.6 Å². The number of carbonyl (C=O) groups is 1. The Morgan fingerprint density at radius 2 is 1.78 bits per heavy atom. The zero-order valence-electron chi connectivity index (χ0n) is 14.0. The second-order valence-corrected chi connectivity index (χ2v) is 7.60. The largest absolute Gasteiger partial charge is 0.493 e. The molecule has 0 saturated heterocycles. The van der Waals surface area contributed by atoms with Gasteiger partial charge in [0, 0.05) is 12.8 Å². The van der Waals surface area contributed by atoms with E-state index in [0.717, 1.165) is 19.1 Å². The zero-order valence-corrected chi connectivity index (χ0v) is 14.8. The van der Waals surface area contributed by atoms with Gasteiger partial charge in [0.25, 0.3) is 0 Å². The lowest BCUT2D eigenvalue weighted by molar-refractivity contribution is -0.123. The molecule has 23 heavy (non-hydrogen) atoms. The van der Waals surface area contributed by atoms with Gasteiger partial charge in [-0.3, -0.25) is 4.79 Å². The number of benzene rings is 1. The van der Waals surface area contributed by atoms with Gasteiger partial charge in [-0.25, -0.2) is 8.42 Å². The molecule has 0 aliphatic heterocycles. The van der Waals surface area contributed by atoms with Crippen molar-refractivity contribution in [2.45, 2.75) is 43.5 Å². The maximum Gasteiger partial charge on any atom is 0.223 e. The zero-order chi connectivity index (χ0) is 17.5. The van der Waals surface area contributed by atoms with Crippen molar-refractivity contribution in [1.29, 1.82) is 0 Å². The second kappa shape index (κ2) is 8.31. The summed E-state index contributed by atoms with van der Waals surface area (Å²) in [6, 6.07) is 6.13. The Bertz CT molecular complexity index is 599. The van der Waals surface area contributed by atoms with Gasteiger partial charge < -0.3 is 15.8 Å². The summed E-state index contributed by atoms with van der Waals surface area (Å²) in [4.78, 5) is 12.2. The van der Waals surface area contributed by atoms with E-state index in [2.05, 4.69) is 5.32 Å². The van der Waals surface area contributed by atoms with Gasteiger partial charge in [0.2, 0.25) is 5.91 Å². The Balaban J connectivity index is 2.49. The average Bonchev–Trinajstić information content (AvgIpc) is 2.52. The van der Waals surface area contributed by atoms with Crippen LogP contribution in [0, 0.1) is 0 Å². The molecular formula is C16H26N2O4S. The van der Waals surface area contributed by atoms with Gasteiger partial charge in [-0.15, -0.1) is 0 Å². The predicted octanol–water partition coefficient (Wildman–Crippen LogP) is 1.49. The van der Waals surface area contributed by atoms with Crippen molar-refractivity contribution in [2.24, 2.45) is 5.73 Å². The van der Waals surface area contributed by atoms with Crippen LogP contribution in [0.1, 0.15) is 33.1 Å². The first-order valence-electron chi connectivity index (χ1n) is 7.70. The van der Waals surface area contributed by atoms with Crippen molar-refractivity contribution in [3.63, 3.8) is 0 Å². The van der Waals surface area contributed by atoms with E-state index in [-0.39, 0.29) is 29.4 Å². The molecule has 0 aliphatic rings. The minimum Gasteiger partial charge on any atom is -0.493 e. The lowest BCUT2D eigenvalue weighted by Gasteiger charge is -2.31. The van der Waals surface area contributed by atoms with Gasteiger partial charge in [-0.2, -0.15) is 0 Å². The smallest absolute Gasteiger partial charge is 0.223 e. The minimum absolute atomic E-state index is 0.105. The van der Waals surface area contributed by atoms with Crippen LogP contribution in [-0.4, -0.2) is 39.3 Å². The topological polar surface area (TPSA) is 98.5 Å². The Morgan fingerprint density at radius 3 is 2.22 bits per heavy atom. The summed E-state index contributed by atoms with van der Waals surface area (Å²) in [7, 11) is -3.21. The minimum atomic E-state index is -3.21. The number of nitrogens with two attached hydrogens (primary N) is 1. The molecule has 0 bridgehead atoms. The molecule has 1 amide bonds. The molecule has 0 atom stereocenters. The summed E-state index contributed by atoms with van der Waals surface area (Å²) in [5, 5.41) is 2.97. The third-order valence-electron chi connectivity index (χ3n) is 4.00. The van der Waals surface area contributed by atoms with Gasteiger partial charge in [0.05, 0.1) is 23.5 Å². The molecule has 130 valence electrons. The van der Waals surface area contributed by atoms with Gasteiger partial charge in [-0.05, 0) is 37.1 Å². The number of rotatable bonds is 9. The van der Waals surface area contributed by atoms with Crippen molar-refractivity contribution < 1.29 is 17.9 Å². The first-order chi connectivity index (χ1) is 10.8. The van der Waals surface area contributed by atoms with Crippen LogP contribution >= 0.6 is 0 Å². The first kappa shape index (κ1) is 19.4. The molecule has 3 N–H and O–H groups in total.